The Labute approximate surface area is 114 Å². The lowest BCUT2D eigenvalue weighted by Gasteiger charge is -2.24. The Morgan fingerprint density at radius 3 is 2.90 bits per heavy atom. The van der Waals surface area contributed by atoms with Gasteiger partial charge in [0.1, 0.15) is 0 Å². The lowest BCUT2D eigenvalue weighted by Crippen LogP contribution is -2.37. The number of hydrogen-bond donors (Lipinski definition) is 0. The average molecular weight is 275 g/mol. The van der Waals surface area contributed by atoms with Crippen LogP contribution >= 0.6 is 0 Å². The van der Waals surface area contributed by atoms with Gasteiger partial charge in [0, 0.05) is 18.8 Å². The molecule has 1 fully saturated rings. The first-order chi connectivity index (χ1) is 9.74. The minimum atomic E-state index is -0.453. The second-order valence-electron chi connectivity index (χ2n) is 4.73. The van der Waals surface area contributed by atoms with Crippen LogP contribution in [0.1, 0.15) is 12.8 Å². The average Bonchev–Trinajstić information content (AvgIpc) is 2.90. The molecular weight excluding hydrogens is 261 g/mol. The van der Waals surface area contributed by atoms with Crippen LogP contribution in [-0.2, 0) is 6.54 Å². The monoisotopic (exact) mass is 275 g/mol. The maximum Gasteiger partial charge on any atom is 0.266 e. The van der Waals surface area contributed by atoms with Gasteiger partial charge in [0.2, 0.25) is 5.95 Å². The third-order valence-corrected chi connectivity index (χ3v) is 3.41. The van der Waals surface area contributed by atoms with E-state index in [9.17, 15) is 9.18 Å². The smallest absolute Gasteiger partial charge is 0.266 e. The van der Waals surface area contributed by atoms with Gasteiger partial charge in [0.15, 0.2) is 5.82 Å². The fourth-order valence-electron chi connectivity index (χ4n) is 2.47. The molecule has 3 heterocycles. The van der Waals surface area contributed by atoms with Crippen LogP contribution in [-0.4, -0.2) is 32.3 Å². The van der Waals surface area contributed by atoms with Gasteiger partial charge in [0.25, 0.3) is 5.56 Å². The SMILES string of the molecule is O=c1cccnn1CC1CCCN1c1ncc(F)cn1. The van der Waals surface area contributed by atoms with Crippen LogP contribution in [0.4, 0.5) is 10.3 Å². The molecule has 0 saturated carbocycles. The van der Waals surface area contributed by atoms with Crippen LogP contribution in [0.5, 0.6) is 0 Å². The summed E-state index contributed by atoms with van der Waals surface area (Å²) in [6.45, 7) is 1.29. The van der Waals surface area contributed by atoms with Gasteiger partial charge >= 0.3 is 0 Å². The van der Waals surface area contributed by atoms with Gasteiger partial charge in [-0.15, -0.1) is 0 Å². The lowest BCUT2D eigenvalue weighted by atomic mass is 10.2. The van der Waals surface area contributed by atoms with E-state index in [0.717, 1.165) is 31.8 Å². The minimum Gasteiger partial charge on any atom is -0.336 e. The molecule has 1 aliphatic heterocycles. The highest BCUT2D eigenvalue weighted by Gasteiger charge is 2.27. The molecule has 1 saturated heterocycles. The Hall–Kier alpha value is -2.31. The molecule has 20 heavy (non-hydrogen) atoms. The molecule has 1 unspecified atom stereocenters. The highest BCUT2D eigenvalue weighted by Crippen LogP contribution is 2.22. The van der Waals surface area contributed by atoms with Crippen molar-refractivity contribution in [2.24, 2.45) is 0 Å². The molecular formula is C13H14FN5O. The molecule has 6 nitrogen and oxygen atoms in total. The molecule has 1 aliphatic rings. The minimum absolute atomic E-state index is 0.105. The van der Waals surface area contributed by atoms with Crippen molar-refractivity contribution in [1.29, 1.82) is 0 Å². The predicted molar refractivity (Wildman–Crippen MR) is 70.9 cm³/mol. The van der Waals surface area contributed by atoms with Crippen molar-refractivity contribution in [3.05, 3.63) is 46.9 Å². The van der Waals surface area contributed by atoms with Crippen molar-refractivity contribution in [3.63, 3.8) is 0 Å². The third kappa shape index (κ3) is 2.52. The predicted octanol–water partition coefficient (Wildman–Crippen LogP) is 0.841. The number of anilines is 1. The Bertz CT molecular complexity index is 642. The molecule has 0 aromatic carbocycles. The van der Waals surface area contributed by atoms with Crippen LogP contribution in [0.2, 0.25) is 0 Å². The van der Waals surface area contributed by atoms with Gasteiger partial charge in [-0.05, 0) is 18.9 Å². The number of halogens is 1. The molecule has 3 rings (SSSR count). The molecule has 7 heteroatoms. The van der Waals surface area contributed by atoms with Crippen molar-refractivity contribution >= 4 is 5.95 Å². The normalized spacial score (nSPS) is 18.4. The van der Waals surface area contributed by atoms with Crippen LogP contribution < -0.4 is 10.5 Å². The van der Waals surface area contributed by atoms with Gasteiger partial charge in [-0.3, -0.25) is 4.79 Å². The van der Waals surface area contributed by atoms with Crippen LogP contribution in [0.3, 0.4) is 0 Å². The van der Waals surface area contributed by atoms with E-state index in [2.05, 4.69) is 15.1 Å². The van der Waals surface area contributed by atoms with Gasteiger partial charge in [-0.2, -0.15) is 5.10 Å². The van der Waals surface area contributed by atoms with Crippen molar-refractivity contribution in [3.8, 4) is 0 Å². The topological polar surface area (TPSA) is 63.9 Å². The zero-order valence-electron chi connectivity index (χ0n) is 10.8. The molecule has 0 spiro atoms. The Morgan fingerprint density at radius 1 is 1.35 bits per heavy atom. The molecule has 2 aromatic rings. The maximum absolute atomic E-state index is 12.9. The molecule has 1 atom stereocenters. The summed E-state index contributed by atoms with van der Waals surface area (Å²) >= 11 is 0. The van der Waals surface area contributed by atoms with E-state index in [1.807, 2.05) is 4.90 Å². The zero-order valence-corrected chi connectivity index (χ0v) is 10.8. The van der Waals surface area contributed by atoms with E-state index >= 15 is 0 Å². The number of aromatic nitrogens is 4. The van der Waals surface area contributed by atoms with Gasteiger partial charge < -0.3 is 4.90 Å². The summed E-state index contributed by atoms with van der Waals surface area (Å²) in [5.74, 6) is 0.0447. The largest absolute Gasteiger partial charge is 0.336 e. The maximum atomic E-state index is 12.9. The molecule has 0 aliphatic carbocycles. The van der Waals surface area contributed by atoms with Crippen molar-refractivity contribution in [1.82, 2.24) is 19.7 Å². The summed E-state index contributed by atoms with van der Waals surface area (Å²) in [4.78, 5) is 21.7. The Balaban J connectivity index is 1.81. The second kappa shape index (κ2) is 5.36. The quantitative estimate of drug-likeness (QED) is 0.830. The zero-order chi connectivity index (χ0) is 13.9. The van der Waals surface area contributed by atoms with Gasteiger partial charge in [-0.25, -0.2) is 19.0 Å². The van der Waals surface area contributed by atoms with Crippen molar-refractivity contribution < 1.29 is 4.39 Å². The first-order valence-electron chi connectivity index (χ1n) is 6.50. The lowest BCUT2D eigenvalue weighted by molar-refractivity contribution is 0.484. The summed E-state index contributed by atoms with van der Waals surface area (Å²) in [6, 6.07) is 3.21. The van der Waals surface area contributed by atoms with Crippen LogP contribution in [0, 0.1) is 5.82 Å². The van der Waals surface area contributed by atoms with E-state index in [1.165, 1.54) is 10.7 Å². The fourth-order valence-corrected chi connectivity index (χ4v) is 2.47. The first kappa shape index (κ1) is 12.7. The summed E-state index contributed by atoms with van der Waals surface area (Å²) in [5.41, 5.74) is -0.126. The molecule has 0 radical (unpaired) electrons. The first-order valence-corrected chi connectivity index (χ1v) is 6.50. The van der Waals surface area contributed by atoms with E-state index in [0.29, 0.717) is 12.5 Å². The molecule has 0 bridgehead atoms. The van der Waals surface area contributed by atoms with Crippen LogP contribution in [0.15, 0.2) is 35.5 Å². The second-order valence-corrected chi connectivity index (χ2v) is 4.73. The van der Waals surface area contributed by atoms with E-state index in [1.54, 1.807) is 12.3 Å². The third-order valence-electron chi connectivity index (χ3n) is 3.41. The summed E-state index contributed by atoms with van der Waals surface area (Å²) in [6.07, 6.45) is 5.83. The van der Waals surface area contributed by atoms with E-state index < -0.39 is 5.82 Å². The summed E-state index contributed by atoms with van der Waals surface area (Å²) in [7, 11) is 0. The highest BCUT2D eigenvalue weighted by molar-refractivity contribution is 5.32. The summed E-state index contributed by atoms with van der Waals surface area (Å²) in [5, 5.41) is 4.06. The standard InChI is InChI=1S/C13H14FN5O/c14-10-7-15-13(16-8-10)18-6-2-3-11(18)9-19-12(20)4-1-5-17-19/h1,4-5,7-8,11H,2-3,6,9H2. The molecule has 0 amide bonds. The Morgan fingerprint density at radius 2 is 2.15 bits per heavy atom. The summed E-state index contributed by atoms with van der Waals surface area (Å²) < 4.78 is 14.3. The van der Waals surface area contributed by atoms with Gasteiger partial charge in [0.05, 0.1) is 25.0 Å². The van der Waals surface area contributed by atoms with Crippen molar-refractivity contribution in [2.45, 2.75) is 25.4 Å². The number of hydrogen-bond acceptors (Lipinski definition) is 5. The van der Waals surface area contributed by atoms with Crippen LogP contribution in [0.25, 0.3) is 0 Å². The highest BCUT2D eigenvalue weighted by atomic mass is 19.1. The number of nitrogens with zero attached hydrogens (tertiary/aromatic N) is 5. The van der Waals surface area contributed by atoms with E-state index in [4.69, 9.17) is 0 Å². The fraction of sp³-hybridized carbons (Fsp3) is 0.385. The molecule has 0 N–H and O–H groups in total. The molecule has 104 valence electrons. The van der Waals surface area contributed by atoms with E-state index in [-0.39, 0.29) is 11.6 Å². The van der Waals surface area contributed by atoms with Crippen molar-refractivity contribution in [2.75, 3.05) is 11.4 Å². The Kier molecular flexibility index (Phi) is 3.41. The van der Waals surface area contributed by atoms with Gasteiger partial charge in [-0.1, -0.05) is 0 Å². The molecule has 2 aromatic heterocycles. The number of rotatable bonds is 3.